The molecule has 0 amide bonds. The Labute approximate surface area is 169 Å². The summed E-state index contributed by atoms with van der Waals surface area (Å²) < 4.78 is 7.19. The van der Waals surface area contributed by atoms with Gasteiger partial charge in [-0.05, 0) is 25.0 Å². The van der Waals surface area contributed by atoms with E-state index in [1.165, 1.54) is 0 Å². The number of rotatable bonds is 5. The van der Waals surface area contributed by atoms with E-state index >= 15 is 0 Å². The van der Waals surface area contributed by atoms with E-state index in [-0.39, 0.29) is 5.92 Å². The minimum Gasteiger partial charge on any atom is -0.379 e. The van der Waals surface area contributed by atoms with Gasteiger partial charge >= 0.3 is 0 Å². The van der Waals surface area contributed by atoms with Gasteiger partial charge in [0.05, 0.1) is 31.1 Å². The second kappa shape index (κ2) is 7.65. The molecule has 4 heterocycles. The summed E-state index contributed by atoms with van der Waals surface area (Å²) in [7, 11) is 1.90. The number of fused-ring (bicyclic) bond motifs is 1. The average molecular weight is 391 g/mol. The van der Waals surface area contributed by atoms with E-state index in [2.05, 4.69) is 26.0 Å². The fourth-order valence-electron chi connectivity index (χ4n) is 4.32. The first-order valence-electron chi connectivity index (χ1n) is 10.2. The van der Waals surface area contributed by atoms with Gasteiger partial charge in [0.2, 0.25) is 0 Å². The third kappa shape index (κ3) is 3.80. The lowest BCUT2D eigenvalue weighted by atomic mass is 9.75. The van der Waals surface area contributed by atoms with Crippen molar-refractivity contribution in [2.45, 2.75) is 25.3 Å². The van der Waals surface area contributed by atoms with Crippen molar-refractivity contribution in [3.8, 4) is 11.1 Å². The lowest BCUT2D eigenvalue weighted by molar-refractivity contribution is -0.127. The van der Waals surface area contributed by atoms with E-state index in [0.29, 0.717) is 18.2 Å². The molecule has 0 bridgehead atoms. The first kappa shape index (κ1) is 18.4. The number of pyridine rings is 2. The topological polar surface area (TPSA) is 73.1 Å². The molecule has 0 spiro atoms. The summed E-state index contributed by atoms with van der Waals surface area (Å²) in [5, 5.41) is 5.23. The zero-order valence-electron chi connectivity index (χ0n) is 16.6. The van der Waals surface area contributed by atoms with Crippen LogP contribution in [0.1, 0.15) is 18.5 Å². The summed E-state index contributed by atoms with van der Waals surface area (Å²) in [6.45, 7) is 3.60. The maximum Gasteiger partial charge on any atom is 0.142 e. The van der Waals surface area contributed by atoms with Gasteiger partial charge in [0, 0.05) is 73.1 Å². The van der Waals surface area contributed by atoms with Crippen LogP contribution >= 0.6 is 0 Å². The smallest absolute Gasteiger partial charge is 0.142 e. The number of nitrogens with zero attached hydrogens (tertiary/aromatic N) is 5. The number of hydrogen-bond donors (Lipinski definition) is 0. The van der Waals surface area contributed by atoms with E-state index in [0.717, 1.165) is 66.9 Å². The standard InChI is InChI=1S/C22H25N5O2/c1-26-14-18(12-25-26)17-6-15-7-19(23-13-21(15)24-11-17)10-22(28)16-8-20(9-16)27-2-4-29-5-3-27/h6-7,11-14,16,20H,2-5,8-10H2,1H3. The molecular weight excluding hydrogens is 366 g/mol. The Hall–Kier alpha value is -2.64. The Morgan fingerprint density at radius 2 is 1.93 bits per heavy atom. The minimum atomic E-state index is 0.167. The van der Waals surface area contributed by atoms with Crippen molar-refractivity contribution in [3.63, 3.8) is 0 Å². The highest BCUT2D eigenvalue weighted by Crippen LogP contribution is 2.33. The van der Waals surface area contributed by atoms with Gasteiger partial charge in [-0.1, -0.05) is 0 Å². The van der Waals surface area contributed by atoms with Crippen molar-refractivity contribution in [3.05, 3.63) is 42.6 Å². The van der Waals surface area contributed by atoms with Crippen molar-refractivity contribution in [1.82, 2.24) is 24.6 Å². The zero-order chi connectivity index (χ0) is 19.8. The molecule has 150 valence electrons. The van der Waals surface area contributed by atoms with E-state index in [1.807, 2.05) is 31.7 Å². The largest absolute Gasteiger partial charge is 0.379 e. The quantitative estimate of drug-likeness (QED) is 0.664. The van der Waals surface area contributed by atoms with Crippen molar-refractivity contribution in [1.29, 1.82) is 0 Å². The highest BCUT2D eigenvalue weighted by molar-refractivity contribution is 5.86. The monoisotopic (exact) mass is 391 g/mol. The van der Waals surface area contributed by atoms with Crippen LogP contribution < -0.4 is 0 Å². The van der Waals surface area contributed by atoms with Gasteiger partial charge in [0.15, 0.2) is 0 Å². The van der Waals surface area contributed by atoms with Crippen LogP contribution in [0.3, 0.4) is 0 Å². The number of Topliss-reactive ketones (excluding diaryl/α,β-unsaturated/α-hetero) is 1. The van der Waals surface area contributed by atoms with Crippen molar-refractivity contribution in [2.24, 2.45) is 13.0 Å². The molecule has 0 N–H and O–H groups in total. The molecule has 1 saturated carbocycles. The predicted octanol–water partition coefficient (Wildman–Crippen LogP) is 2.25. The molecule has 1 saturated heterocycles. The lowest BCUT2D eigenvalue weighted by Crippen LogP contribution is -2.51. The number of ether oxygens (including phenoxy) is 1. The van der Waals surface area contributed by atoms with E-state index in [1.54, 1.807) is 10.9 Å². The van der Waals surface area contributed by atoms with Crippen molar-refractivity contribution < 1.29 is 9.53 Å². The van der Waals surface area contributed by atoms with Gasteiger partial charge in [-0.3, -0.25) is 24.3 Å². The number of aryl methyl sites for hydroxylation is 1. The van der Waals surface area contributed by atoms with Crippen LogP contribution in [0, 0.1) is 5.92 Å². The molecule has 1 aliphatic heterocycles. The maximum atomic E-state index is 12.7. The first-order chi connectivity index (χ1) is 14.2. The first-order valence-corrected chi connectivity index (χ1v) is 10.2. The third-order valence-electron chi connectivity index (χ3n) is 6.15. The SMILES string of the molecule is Cn1cc(-c2cnc3cnc(CC(=O)C4CC(N5CCOCC5)C4)cc3c2)cn1. The number of carbonyl (C=O) groups excluding carboxylic acids is 1. The Morgan fingerprint density at radius 1 is 1.10 bits per heavy atom. The van der Waals surface area contributed by atoms with E-state index in [4.69, 9.17) is 4.74 Å². The molecule has 5 rings (SSSR count). The molecule has 2 aliphatic rings. The fraction of sp³-hybridized carbons (Fsp3) is 0.455. The second-order valence-electron chi connectivity index (χ2n) is 8.11. The van der Waals surface area contributed by atoms with Crippen LogP contribution in [0.15, 0.2) is 36.9 Å². The maximum absolute atomic E-state index is 12.7. The zero-order valence-corrected chi connectivity index (χ0v) is 16.6. The van der Waals surface area contributed by atoms with Crippen LogP contribution in [0.2, 0.25) is 0 Å². The van der Waals surface area contributed by atoms with Crippen LogP contribution in [0.5, 0.6) is 0 Å². The highest BCUT2D eigenvalue weighted by Gasteiger charge is 2.38. The molecule has 7 nitrogen and oxygen atoms in total. The van der Waals surface area contributed by atoms with Gasteiger partial charge in [0.1, 0.15) is 5.78 Å². The molecule has 3 aromatic heterocycles. The summed E-state index contributed by atoms with van der Waals surface area (Å²) in [4.78, 5) is 24.2. The van der Waals surface area contributed by atoms with Gasteiger partial charge < -0.3 is 4.74 Å². The molecule has 3 aromatic rings. The minimum absolute atomic E-state index is 0.167. The second-order valence-corrected chi connectivity index (χ2v) is 8.11. The molecule has 0 unspecified atom stereocenters. The summed E-state index contributed by atoms with van der Waals surface area (Å²) in [5.74, 6) is 0.470. The summed E-state index contributed by atoms with van der Waals surface area (Å²) in [6, 6.07) is 4.63. The molecule has 2 fully saturated rings. The summed E-state index contributed by atoms with van der Waals surface area (Å²) in [6.07, 6.45) is 9.74. The van der Waals surface area contributed by atoms with Crippen LogP contribution in [0.25, 0.3) is 22.0 Å². The van der Waals surface area contributed by atoms with Crippen LogP contribution in [-0.4, -0.2) is 62.8 Å². The molecule has 29 heavy (non-hydrogen) atoms. The fourth-order valence-corrected chi connectivity index (χ4v) is 4.32. The summed E-state index contributed by atoms with van der Waals surface area (Å²) in [5.41, 5.74) is 3.70. The van der Waals surface area contributed by atoms with Crippen molar-refractivity contribution >= 4 is 16.7 Å². The summed E-state index contributed by atoms with van der Waals surface area (Å²) >= 11 is 0. The van der Waals surface area contributed by atoms with Crippen LogP contribution in [0.4, 0.5) is 0 Å². The number of carbonyl (C=O) groups is 1. The molecular formula is C22H25N5O2. The van der Waals surface area contributed by atoms with E-state index < -0.39 is 0 Å². The number of aromatic nitrogens is 4. The molecule has 0 atom stereocenters. The molecule has 0 radical (unpaired) electrons. The lowest BCUT2D eigenvalue weighted by Gasteiger charge is -2.43. The van der Waals surface area contributed by atoms with Gasteiger partial charge in [-0.15, -0.1) is 0 Å². The van der Waals surface area contributed by atoms with Crippen LogP contribution in [-0.2, 0) is 23.0 Å². The normalized spacial score (nSPS) is 22.5. The third-order valence-corrected chi connectivity index (χ3v) is 6.15. The Bertz CT molecular complexity index is 1030. The Morgan fingerprint density at radius 3 is 2.69 bits per heavy atom. The van der Waals surface area contributed by atoms with Crippen molar-refractivity contribution in [2.75, 3.05) is 26.3 Å². The number of ketones is 1. The Balaban J connectivity index is 1.26. The number of hydrogen-bond acceptors (Lipinski definition) is 6. The number of morpholine rings is 1. The van der Waals surface area contributed by atoms with Gasteiger partial charge in [-0.2, -0.15) is 5.10 Å². The Kier molecular flexibility index (Phi) is 4.85. The van der Waals surface area contributed by atoms with E-state index in [9.17, 15) is 4.79 Å². The predicted molar refractivity (Wildman–Crippen MR) is 109 cm³/mol. The van der Waals surface area contributed by atoms with Gasteiger partial charge in [0.25, 0.3) is 0 Å². The highest BCUT2D eigenvalue weighted by atomic mass is 16.5. The molecule has 7 heteroatoms. The average Bonchev–Trinajstić information content (AvgIpc) is 3.13. The molecule has 1 aliphatic carbocycles. The molecule has 0 aromatic carbocycles. The van der Waals surface area contributed by atoms with Gasteiger partial charge in [-0.25, -0.2) is 0 Å².